The molecular formula is C15H22N2. The first-order valence-corrected chi connectivity index (χ1v) is 6.83. The van der Waals surface area contributed by atoms with Crippen LogP contribution < -0.4 is 10.6 Å². The predicted molar refractivity (Wildman–Crippen MR) is 72.2 cm³/mol. The normalized spacial score (nSPS) is 31.9. The maximum absolute atomic E-state index is 5.85. The lowest BCUT2D eigenvalue weighted by Gasteiger charge is -2.41. The van der Waals surface area contributed by atoms with E-state index in [1.54, 1.807) is 0 Å². The third-order valence-corrected chi connectivity index (χ3v) is 4.56. The van der Waals surface area contributed by atoms with E-state index in [9.17, 15) is 0 Å². The fourth-order valence-corrected chi connectivity index (χ4v) is 3.73. The molecule has 0 saturated carbocycles. The van der Waals surface area contributed by atoms with Crippen molar-refractivity contribution in [3.8, 4) is 0 Å². The highest BCUT2D eigenvalue weighted by molar-refractivity contribution is 5.56. The number of fused-ring (bicyclic) bond motifs is 2. The molecule has 2 heterocycles. The lowest BCUT2D eigenvalue weighted by atomic mass is 9.90. The van der Waals surface area contributed by atoms with Gasteiger partial charge in [-0.15, -0.1) is 0 Å². The topological polar surface area (TPSA) is 29.3 Å². The second kappa shape index (κ2) is 4.34. The minimum Gasteiger partial charge on any atom is -0.365 e. The molecule has 2 heteroatoms. The van der Waals surface area contributed by atoms with E-state index < -0.39 is 0 Å². The zero-order valence-corrected chi connectivity index (χ0v) is 10.6. The van der Waals surface area contributed by atoms with Crippen LogP contribution in [-0.2, 0) is 0 Å². The van der Waals surface area contributed by atoms with Crippen LogP contribution in [0.5, 0.6) is 0 Å². The van der Waals surface area contributed by atoms with E-state index in [1.165, 1.54) is 36.9 Å². The van der Waals surface area contributed by atoms with Crippen LogP contribution in [-0.4, -0.2) is 18.6 Å². The molecule has 1 aromatic rings. The Labute approximate surface area is 104 Å². The number of anilines is 1. The first kappa shape index (κ1) is 11.1. The van der Waals surface area contributed by atoms with Gasteiger partial charge in [0.05, 0.1) is 0 Å². The molecule has 92 valence electrons. The molecule has 3 rings (SSSR count). The Morgan fingerprint density at radius 2 is 1.82 bits per heavy atom. The Hall–Kier alpha value is -1.02. The van der Waals surface area contributed by atoms with E-state index in [1.807, 2.05) is 0 Å². The van der Waals surface area contributed by atoms with Crippen LogP contribution in [0, 0.1) is 12.8 Å². The molecule has 17 heavy (non-hydrogen) atoms. The quantitative estimate of drug-likeness (QED) is 0.846. The van der Waals surface area contributed by atoms with Gasteiger partial charge in [-0.3, -0.25) is 0 Å². The van der Waals surface area contributed by atoms with Gasteiger partial charge in [0.15, 0.2) is 0 Å². The van der Waals surface area contributed by atoms with E-state index in [2.05, 4.69) is 36.1 Å². The van der Waals surface area contributed by atoms with Crippen LogP contribution in [0.15, 0.2) is 24.3 Å². The molecule has 2 saturated heterocycles. The first-order valence-electron chi connectivity index (χ1n) is 6.83. The molecule has 2 atom stereocenters. The third-order valence-electron chi connectivity index (χ3n) is 4.56. The summed E-state index contributed by atoms with van der Waals surface area (Å²) in [4.78, 5) is 2.68. The molecule has 0 radical (unpaired) electrons. The lowest BCUT2D eigenvalue weighted by molar-refractivity contribution is 0.346. The summed E-state index contributed by atoms with van der Waals surface area (Å²) in [6, 6.07) is 10.3. The summed E-state index contributed by atoms with van der Waals surface area (Å²) in [5, 5.41) is 0. The van der Waals surface area contributed by atoms with Crippen molar-refractivity contribution in [2.45, 2.75) is 44.7 Å². The summed E-state index contributed by atoms with van der Waals surface area (Å²) >= 11 is 0. The Balaban J connectivity index is 1.89. The molecule has 2 aliphatic rings. The maximum Gasteiger partial charge on any atom is 0.0400 e. The van der Waals surface area contributed by atoms with Gasteiger partial charge in [0.25, 0.3) is 0 Å². The summed E-state index contributed by atoms with van der Waals surface area (Å²) in [5.74, 6) is 0.757. The zero-order valence-electron chi connectivity index (χ0n) is 10.6. The van der Waals surface area contributed by atoms with Crippen LogP contribution >= 0.6 is 0 Å². The highest BCUT2D eigenvalue weighted by atomic mass is 15.2. The van der Waals surface area contributed by atoms with Gasteiger partial charge in [0.1, 0.15) is 0 Å². The molecule has 0 spiro atoms. The number of hydrogen-bond acceptors (Lipinski definition) is 2. The second-order valence-electron chi connectivity index (χ2n) is 5.65. The number of nitrogens with zero attached hydrogens (tertiary/aromatic N) is 1. The number of rotatable bonds is 2. The van der Waals surface area contributed by atoms with E-state index in [-0.39, 0.29) is 0 Å². The molecule has 2 nitrogen and oxygen atoms in total. The molecular weight excluding hydrogens is 208 g/mol. The van der Waals surface area contributed by atoms with Crippen molar-refractivity contribution in [2.24, 2.45) is 11.7 Å². The molecule has 2 N–H and O–H groups in total. The molecule has 2 fully saturated rings. The van der Waals surface area contributed by atoms with Gasteiger partial charge in [-0.2, -0.15) is 0 Å². The lowest BCUT2D eigenvalue weighted by Crippen LogP contribution is -2.44. The Morgan fingerprint density at radius 3 is 2.41 bits per heavy atom. The van der Waals surface area contributed by atoms with Crippen molar-refractivity contribution >= 4 is 5.69 Å². The van der Waals surface area contributed by atoms with E-state index >= 15 is 0 Å². The molecule has 0 amide bonds. The van der Waals surface area contributed by atoms with E-state index in [0.29, 0.717) is 0 Å². The minimum absolute atomic E-state index is 0.739. The van der Waals surface area contributed by atoms with E-state index in [0.717, 1.165) is 24.5 Å². The van der Waals surface area contributed by atoms with Crippen molar-refractivity contribution in [2.75, 3.05) is 11.4 Å². The minimum atomic E-state index is 0.739. The smallest absolute Gasteiger partial charge is 0.0400 e. The summed E-state index contributed by atoms with van der Waals surface area (Å²) in [7, 11) is 0. The van der Waals surface area contributed by atoms with E-state index in [4.69, 9.17) is 5.73 Å². The van der Waals surface area contributed by atoms with Crippen LogP contribution in [0.1, 0.15) is 31.2 Å². The van der Waals surface area contributed by atoms with Crippen molar-refractivity contribution in [1.82, 2.24) is 0 Å². The van der Waals surface area contributed by atoms with Gasteiger partial charge in [0.2, 0.25) is 0 Å². The van der Waals surface area contributed by atoms with Crippen molar-refractivity contribution < 1.29 is 0 Å². The van der Waals surface area contributed by atoms with Gasteiger partial charge in [-0.05, 0) is 56.7 Å². The Morgan fingerprint density at radius 1 is 1.18 bits per heavy atom. The van der Waals surface area contributed by atoms with Gasteiger partial charge in [-0.25, -0.2) is 0 Å². The van der Waals surface area contributed by atoms with Crippen LogP contribution in [0.4, 0.5) is 5.69 Å². The molecule has 2 aliphatic heterocycles. The summed E-state index contributed by atoms with van der Waals surface area (Å²) < 4.78 is 0. The third kappa shape index (κ3) is 1.85. The molecule has 2 unspecified atom stereocenters. The number of para-hydroxylation sites is 1. The standard InChI is InChI=1S/C15H22N2/c1-11-4-2-3-5-15(11)17-13-6-7-14(17)9-12(8-13)10-16/h2-5,12-14H,6-10,16H2,1H3. The van der Waals surface area contributed by atoms with Crippen LogP contribution in [0.3, 0.4) is 0 Å². The number of benzene rings is 1. The van der Waals surface area contributed by atoms with Gasteiger partial charge < -0.3 is 10.6 Å². The van der Waals surface area contributed by atoms with Gasteiger partial charge in [-0.1, -0.05) is 18.2 Å². The fraction of sp³-hybridized carbons (Fsp3) is 0.600. The number of aryl methyl sites for hydroxylation is 1. The number of piperidine rings is 1. The maximum atomic E-state index is 5.85. The summed E-state index contributed by atoms with van der Waals surface area (Å²) in [6.45, 7) is 3.10. The molecule has 0 aliphatic carbocycles. The zero-order chi connectivity index (χ0) is 11.8. The highest BCUT2D eigenvalue weighted by Crippen LogP contribution is 2.42. The largest absolute Gasteiger partial charge is 0.365 e. The van der Waals surface area contributed by atoms with Crippen molar-refractivity contribution in [3.05, 3.63) is 29.8 Å². The average molecular weight is 230 g/mol. The second-order valence-corrected chi connectivity index (χ2v) is 5.65. The molecule has 2 bridgehead atoms. The number of nitrogens with two attached hydrogens (primary N) is 1. The fourth-order valence-electron chi connectivity index (χ4n) is 3.73. The van der Waals surface area contributed by atoms with Crippen molar-refractivity contribution in [1.29, 1.82) is 0 Å². The van der Waals surface area contributed by atoms with Crippen LogP contribution in [0.25, 0.3) is 0 Å². The SMILES string of the molecule is Cc1ccccc1N1C2CCC1CC(CN)C2. The Bertz CT molecular complexity index is 388. The van der Waals surface area contributed by atoms with Gasteiger partial charge in [0, 0.05) is 17.8 Å². The van der Waals surface area contributed by atoms with Crippen LogP contribution in [0.2, 0.25) is 0 Å². The van der Waals surface area contributed by atoms with Gasteiger partial charge >= 0.3 is 0 Å². The van der Waals surface area contributed by atoms with Crippen molar-refractivity contribution in [3.63, 3.8) is 0 Å². The average Bonchev–Trinajstić information content (AvgIpc) is 2.60. The predicted octanol–water partition coefficient (Wildman–Crippen LogP) is 2.70. The first-order chi connectivity index (χ1) is 8.29. The monoisotopic (exact) mass is 230 g/mol. The molecule has 1 aromatic carbocycles. The summed E-state index contributed by atoms with van der Waals surface area (Å²) in [5.41, 5.74) is 8.72. The number of hydrogen-bond donors (Lipinski definition) is 1. The highest BCUT2D eigenvalue weighted by Gasteiger charge is 2.40. The Kier molecular flexibility index (Phi) is 2.83. The molecule has 0 aromatic heterocycles. The summed E-state index contributed by atoms with van der Waals surface area (Å²) in [6.07, 6.45) is 5.30.